The van der Waals surface area contributed by atoms with Crippen LogP contribution in [0.2, 0.25) is 0 Å². The van der Waals surface area contributed by atoms with Gasteiger partial charge in [0.15, 0.2) is 5.66 Å². The number of hydrogen-bond acceptors (Lipinski definition) is 7. The van der Waals surface area contributed by atoms with E-state index in [1.165, 1.54) is 12.3 Å². The molecule has 0 radical (unpaired) electrons. The topological polar surface area (TPSA) is 112 Å². The van der Waals surface area contributed by atoms with Gasteiger partial charge in [-0.15, -0.1) is 5.11 Å². The van der Waals surface area contributed by atoms with Crippen LogP contribution in [0.5, 0.6) is 0 Å². The van der Waals surface area contributed by atoms with Crippen LogP contribution in [0.1, 0.15) is 26.2 Å². The average molecular weight is 321 g/mol. The smallest absolute Gasteiger partial charge is 0.307 e. The SMILES string of the molecule is CCCCCS(=O)(=O)NC(=O)NC1(CS)C=CNN=N1. The third-order valence-electron chi connectivity index (χ3n) is 2.56. The van der Waals surface area contributed by atoms with Crippen molar-refractivity contribution in [3.63, 3.8) is 0 Å². The normalized spacial score (nSPS) is 21.3. The van der Waals surface area contributed by atoms with E-state index in [4.69, 9.17) is 0 Å². The number of nitrogens with one attached hydrogen (secondary N) is 3. The van der Waals surface area contributed by atoms with Gasteiger partial charge in [-0.1, -0.05) is 25.0 Å². The van der Waals surface area contributed by atoms with Crippen LogP contribution in [0.4, 0.5) is 4.79 Å². The van der Waals surface area contributed by atoms with Gasteiger partial charge < -0.3 is 5.32 Å². The average Bonchev–Trinajstić information content (AvgIpc) is 2.39. The molecule has 0 bridgehead atoms. The Bertz CT molecular complexity index is 477. The molecule has 0 aromatic rings. The third kappa shape index (κ3) is 5.37. The Labute approximate surface area is 123 Å². The molecule has 1 unspecified atom stereocenters. The van der Waals surface area contributed by atoms with E-state index < -0.39 is 21.7 Å². The van der Waals surface area contributed by atoms with Crippen LogP contribution in [0, 0.1) is 0 Å². The summed E-state index contributed by atoms with van der Waals surface area (Å²) in [4.78, 5) is 11.7. The van der Waals surface area contributed by atoms with Gasteiger partial charge in [-0.2, -0.15) is 12.6 Å². The van der Waals surface area contributed by atoms with Crippen molar-refractivity contribution < 1.29 is 13.2 Å². The van der Waals surface area contributed by atoms with Gasteiger partial charge in [0.1, 0.15) is 0 Å². The Hall–Kier alpha value is -1.29. The fourth-order valence-electron chi connectivity index (χ4n) is 1.51. The van der Waals surface area contributed by atoms with Gasteiger partial charge >= 0.3 is 6.03 Å². The van der Waals surface area contributed by atoms with E-state index in [1.54, 1.807) is 0 Å². The van der Waals surface area contributed by atoms with Crippen LogP contribution in [0.25, 0.3) is 0 Å². The molecule has 1 heterocycles. The minimum atomic E-state index is -3.64. The highest BCUT2D eigenvalue weighted by atomic mass is 32.2. The zero-order valence-corrected chi connectivity index (χ0v) is 12.9. The highest BCUT2D eigenvalue weighted by Gasteiger charge is 2.30. The lowest BCUT2D eigenvalue weighted by Gasteiger charge is -2.25. The van der Waals surface area contributed by atoms with Crippen LogP contribution in [0.15, 0.2) is 22.6 Å². The lowest BCUT2D eigenvalue weighted by Crippen LogP contribution is -2.53. The lowest BCUT2D eigenvalue weighted by molar-refractivity contribution is 0.237. The molecule has 10 heteroatoms. The number of amides is 2. The Kier molecular flexibility index (Phi) is 6.27. The molecule has 0 fully saturated rings. The molecule has 1 atom stereocenters. The van der Waals surface area contributed by atoms with Crippen LogP contribution in [-0.2, 0) is 10.0 Å². The maximum Gasteiger partial charge on any atom is 0.330 e. The Morgan fingerprint density at radius 3 is 2.75 bits per heavy atom. The molecular weight excluding hydrogens is 302 g/mol. The largest absolute Gasteiger partial charge is 0.330 e. The quantitative estimate of drug-likeness (QED) is 0.412. The van der Waals surface area contributed by atoms with Gasteiger partial charge in [0.25, 0.3) is 0 Å². The standard InChI is InChI=1S/C10H19N5O3S2/c1-2-3-4-7-20(17,18)13-9(16)12-10(8-19)5-6-11-15-14-10/h5-6,19H,2-4,7-8H2,1H3,(H,11,14)(H2,12,13,16). The van der Waals surface area contributed by atoms with E-state index in [9.17, 15) is 13.2 Å². The first-order valence-electron chi connectivity index (χ1n) is 6.22. The summed E-state index contributed by atoms with van der Waals surface area (Å²) in [5.41, 5.74) is 1.34. The van der Waals surface area contributed by atoms with Gasteiger partial charge in [-0.3, -0.25) is 5.43 Å². The Morgan fingerprint density at radius 2 is 2.20 bits per heavy atom. The highest BCUT2D eigenvalue weighted by Crippen LogP contribution is 2.14. The molecule has 1 aliphatic rings. The molecule has 0 aliphatic carbocycles. The monoisotopic (exact) mass is 321 g/mol. The summed E-state index contributed by atoms with van der Waals surface area (Å²) in [6.07, 6.45) is 5.24. The minimum Gasteiger partial charge on any atom is -0.307 e. The molecule has 3 N–H and O–H groups in total. The lowest BCUT2D eigenvalue weighted by atomic mass is 10.2. The molecule has 1 rings (SSSR count). The van der Waals surface area contributed by atoms with Crippen LogP contribution in [-0.4, -0.2) is 31.6 Å². The maximum absolute atomic E-state index is 11.7. The van der Waals surface area contributed by atoms with Crippen molar-refractivity contribution in [1.29, 1.82) is 0 Å². The number of rotatable bonds is 7. The molecule has 114 valence electrons. The number of nitrogens with zero attached hydrogens (tertiary/aromatic N) is 2. The minimum absolute atomic E-state index is 0.0823. The first kappa shape index (κ1) is 16.8. The first-order chi connectivity index (χ1) is 9.43. The maximum atomic E-state index is 11.7. The molecule has 0 saturated carbocycles. The summed E-state index contributed by atoms with van der Waals surface area (Å²) in [6, 6.07) is -0.846. The number of sulfonamides is 1. The fourth-order valence-corrected chi connectivity index (χ4v) is 2.77. The number of urea groups is 1. The third-order valence-corrected chi connectivity index (χ3v) is 4.36. The molecule has 2 amide bonds. The summed E-state index contributed by atoms with van der Waals surface area (Å²) in [5, 5.41) is 9.80. The van der Waals surface area contributed by atoms with Gasteiger partial charge in [0.05, 0.1) is 5.75 Å². The molecule has 1 aliphatic heterocycles. The van der Waals surface area contributed by atoms with E-state index in [1.807, 2.05) is 11.6 Å². The fraction of sp³-hybridized carbons (Fsp3) is 0.700. The van der Waals surface area contributed by atoms with Crippen molar-refractivity contribution in [3.8, 4) is 0 Å². The molecule has 0 saturated heterocycles. The van der Waals surface area contributed by atoms with Crippen molar-refractivity contribution in [1.82, 2.24) is 15.5 Å². The van der Waals surface area contributed by atoms with Gasteiger partial charge in [-0.25, -0.2) is 17.9 Å². The molecular formula is C10H19N5O3S2. The van der Waals surface area contributed by atoms with Crippen molar-refractivity contribution in [2.24, 2.45) is 10.3 Å². The molecule has 0 aromatic heterocycles. The van der Waals surface area contributed by atoms with Crippen molar-refractivity contribution in [3.05, 3.63) is 12.3 Å². The first-order valence-corrected chi connectivity index (χ1v) is 8.50. The Morgan fingerprint density at radius 1 is 1.45 bits per heavy atom. The van der Waals surface area contributed by atoms with Crippen molar-refractivity contribution in [2.75, 3.05) is 11.5 Å². The van der Waals surface area contributed by atoms with Crippen molar-refractivity contribution >= 4 is 28.7 Å². The zero-order valence-electron chi connectivity index (χ0n) is 11.2. The number of unbranched alkanes of at least 4 members (excludes halogenated alkanes) is 2. The van der Waals surface area contributed by atoms with E-state index in [0.717, 1.165) is 12.8 Å². The summed E-state index contributed by atoms with van der Waals surface area (Å²) < 4.78 is 25.3. The van der Waals surface area contributed by atoms with Crippen molar-refractivity contribution in [2.45, 2.75) is 31.8 Å². The summed E-state index contributed by atoms with van der Waals surface area (Å²) in [7, 11) is -3.64. The highest BCUT2D eigenvalue weighted by molar-refractivity contribution is 7.90. The van der Waals surface area contributed by atoms with Crippen LogP contribution >= 0.6 is 12.6 Å². The second kappa shape index (κ2) is 7.48. The van der Waals surface area contributed by atoms with E-state index in [0.29, 0.717) is 6.42 Å². The second-order valence-electron chi connectivity index (χ2n) is 4.33. The second-order valence-corrected chi connectivity index (χ2v) is 6.49. The predicted molar refractivity (Wildman–Crippen MR) is 78.7 cm³/mol. The molecule has 20 heavy (non-hydrogen) atoms. The van der Waals surface area contributed by atoms with Crippen LogP contribution < -0.4 is 15.5 Å². The van der Waals surface area contributed by atoms with E-state index in [2.05, 4.69) is 33.7 Å². The van der Waals surface area contributed by atoms with Gasteiger partial charge in [0.2, 0.25) is 10.0 Å². The Balaban J connectivity index is 2.56. The number of thiol groups is 1. The molecule has 8 nitrogen and oxygen atoms in total. The number of hydrogen-bond donors (Lipinski definition) is 4. The summed E-state index contributed by atoms with van der Waals surface area (Å²) in [5.74, 6) is 0.0685. The summed E-state index contributed by atoms with van der Waals surface area (Å²) in [6.45, 7) is 1.97. The van der Waals surface area contributed by atoms with Crippen LogP contribution in [0.3, 0.4) is 0 Å². The van der Waals surface area contributed by atoms with E-state index in [-0.39, 0.29) is 11.5 Å². The molecule has 0 aromatic carbocycles. The van der Waals surface area contributed by atoms with E-state index >= 15 is 0 Å². The summed E-state index contributed by atoms with van der Waals surface area (Å²) >= 11 is 4.08. The predicted octanol–water partition coefficient (Wildman–Crippen LogP) is 0.916. The zero-order chi connectivity index (χ0) is 15.1. The van der Waals surface area contributed by atoms with Gasteiger partial charge in [-0.05, 0) is 12.5 Å². The molecule has 0 spiro atoms. The number of carbonyl (C=O) groups is 1. The van der Waals surface area contributed by atoms with Gasteiger partial charge in [0, 0.05) is 12.0 Å². The number of carbonyl (C=O) groups excluding carboxylic acids is 1.